The van der Waals surface area contributed by atoms with Crippen molar-refractivity contribution in [1.29, 1.82) is 0 Å². The van der Waals surface area contributed by atoms with Crippen LogP contribution >= 0.6 is 11.6 Å². The van der Waals surface area contributed by atoms with E-state index in [2.05, 4.69) is 4.72 Å². The lowest BCUT2D eigenvalue weighted by molar-refractivity contribution is -0.118. The van der Waals surface area contributed by atoms with Crippen molar-refractivity contribution in [2.45, 2.75) is 19.4 Å². The summed E-state index contributed by atoms with van der Waals surface area (Å²) in [5, 5.41) is -0.518. The summed E-state index contributed by atoms with van der Waals surface area (Å²) >= 11 is 5.11. The van der Waals surface area contributed by atoms with Gasteiger partial charge in [0.05, 0.1) is 0 Å². The van der Waals surface area contributed by atoms with E-state index in [9.17, 15) is 13.2 Å². The highest BCUT2D eigenvalue weighted by Crippen LogP contribution is 1.95. The molecule has 72 valence electrons. The number of nitrogens with one attached hydrogen (secondary N) is 1. The molecule has 0 aromatic carbocycles. The number of halogens is 1. The van der Waals surface area contributed by atoms with E-state index >= 15 is 0 Å². The highest BCUT2D eigenvalue weighted by atomic mass is 35.5. The number of nitrogens with two attached hydrogens (primary N) is 1. The molecule has 12 heavy (non-hydrogen) atoms. The van der Waals surface area contributed by atoms with E-state index in [1.165, 1.54) is 6.92 Å². The van der Waals surface area contributed by atoms with Crippen LogP contribution in [0.4, 0.5) is 0 Å². The van der Waals surface area contributed by atoms with Crippen LogP contribution in [0.3, 0.4) is 0 Å². The molecule has 0 aliphatic carbocycles. The van der Waals surface area contributed by atoms with Gasteiger partial charge in [0.2, 0.25) is 15.9 Å². The van der Waals surface area contributed by atoms with E-state index in [-0.39, 0.29) is 6.42 Å². The molecule has 0 saturated heterocycles. The lowest BCUT2D eigenvalue weighted by atomic mass is 10.2. The minimum Gasteiger partial charge on any atom is -0.370 e. The second-order valence-corrected chi connectivity index (χ2v) is 4.75. The number of carbonyl (C=O) groups is 1. The average molecular weight is 215 g/mol. The van der Waals surface area contributed by atoms with Crippen LogP contribution in [-0.2, 0) is 14.8 Å². The third-order valence-corrected chi connectivity index (χ3v) is 2.94. The third kappa shape index (κ3) is 5.34. The van der Waals surface area contributed by atoms with Gasteiger partial charge < -0.3 is 5.73 Å². The summed E-state index contributed by atoms with van der Waals surface area (Å²) < 4.78 is 23.8. The molecule has 7 heteroatoms. The number of primary amides is 1. The summed E-state index contributed by atoms with van der Waals surface area (Å²) in [5.74, 6) is -0.556. The first-order valence-electron chi connectivity index (χ1n) is 3.21. The Hall–Kier alpha value is -0.330. The number of alkyl halides is 1. The molecule has 1 atom stereocenters. The van der Waals surface area contributed by atoms with Crippen molar-refractivity contribution in [2.24, 2.45) is 5.73 Å². The van der Waals surface area contributed by atoms with Crippen molar-refractivity contribution in [3.8, 4) is 0 Å². The molecule has 0 aromatic rings. The predicted octanol–water partition coefficient (Wildman–Crippen LogP) is -0.634. The Morgan fingerprint density at radius 2 is 2.17 bits per heavy atom. The number of hydrogen-bond acceptors (Lipinski definition) is 3. The van der Waals surface area contributed by atoms with Gasteiger partial charge in [-0.2, -0.15) is 0 Å². The Morgan fingerprint density at radius 3 is 2.50 bits per heavy atom. The minimum absolute atomic E-state index is 0.0316. The normalized spacial score (nSPS) is 14.2. The number of amides is 1. The lowest BCUT2D eigenvalue weighted by Crippen LogP contribution is -2.36. The summed E-state index contributed by atoms with van der Waals surface area (Å²) in [5.41, 5.74) is 4.85. The maximum absolute atomic E-state index is 10.8. The largest absolute Gasteiger partial charge is 0.370 e. The molecule has 0 aliphatic heterocycles. The first-order valence-corrected chi connectivity index (χ1v) is 5.40. The number of hydrogen-bond donors (Lipinski definition) is 2. The van der Waals surface area contributed by atoms with Crippen LogP contribution in [0.2, 0.25) is 0 Å². The summed E-state index contributed by atoms with van der Waals surface area (Å²) in [6.45, 7) is 1.54. The number of rotatable bonds is 5. The fourth-order valence-corrected chi connectivity index (χ4v) is 1.63. The van der Waals surface area contributed by atoms with Gasteiger partial charge in [0, 0.05) is 12.5 Å². The number of carbonyl (C=O) groups excluding carboxylic acids is 1. The predicted molar refractivity (Wildman–Crippen MR) is 46.0 cm³/mol. The summed E-state index contributed by atoms with van der Waals surface area (Å²) in [6, 6.07) is -0.508. The van der Waals surface area contributed by atoms with Crippen molar-refractivity contribution in [1.82, 2.24) is 4.72 Å². The van der Waals surface area contributed by atoms with Gasteiger partial charge in [-0.1, -0.05) is 0 Å². The van der Waals surface area contributed by atoms with Crippen LogP contribution in [0.5, 0.6) is 0 Å². The SMILES string of the molecule is CC(CC(N)=O)NS(=O)(=O)CCl. The van der Waals surface area contributed by atoms with Gasteiger partial charge in [0.1, 0.15) is 5.21 Å². The highest BCUT2D eigenvalue weighted by molar-refractivity contribution is 7.90. The zero-order chi connectivity index (χ0) is 9.78. The third-order valence-electron chi connectivity index (χ3n) is 1.03. The van der Waals surface area contributed by atoms with Gasteiger partial charge in [0.15, 0.2) is 0 Å². The fourth-order valence-electron chi connectivity index (χ4n) is 0.681. The number of sulfonamides is 1. The smallest absolute Gasteiger partial charge is 0.225 e. The van der Waals surface area contributed by atoms with Gasteiger partial charge in [-0.05, 0) is 6.92 Å². The Morgan fingerprint density at radius 1 is 1.67 bits per heavy atom. The van der Waals surface area contributed by atoms with Crippen molar-refractivity contribution in [3.05, 3.63) is 0 Å². The van der Waals surface area contributed by atoms with Crippen molar-refractivity contribution in [3.63, 3.8) is 0 Å². The van der Waals surface area contributed by atoms with Crippen LogP contribution in [0.15, 0.2) is 0 Å². The van der Waals surface area contributed by atoms with Gasteiger partial charge in [-0.15, -0.1) is 11.6 Å². The van der Waals surface area contributed by atoms with Gasteiger partial charge >= 0.3 is 0 Å². The Bertz CT molecular complexity index is 251. The molecule has 0 aliphatic rings. The molecule has 3 N–H and O–H groups in total. The van der Waals surface area contributed by atoms with Crippen LogP contribution in [0.1, 0.15) is 13.3 Å². The van der Waals surface area contributed by atoms with E-state index in [4.69, 9.17) is 17.3 Å². The van der Waals surface area contributed by atoms with E-state index in [0.29, 0.717) is 0 Å². The molecular formula is C5H11ClN2O3S. The lowest BCUT2D eigenvalue weighted by Gasteiger charge is -2.09. The van der Waals surface area contributed by atoms with Gasteiger partial charge in [0.25, 0.3) is 0 Å². The van der Waals surface area contributed by atoms with Crippen LogP contribution in [0.25, 0.3) is 0 Å². The molecule has 0 spiro atoms. The molecule has 0 heterocycles. The molecule has 0 radical (unpaired) electrons. The Balaban J connectivity index is 4.01. The molecular weight excluding hydrogens is 204 g/mol. The van der Waals surface area contributed by atoms with E-state index in [0.717, 1.165) is 0 Å². The van der Waals surface area contributed by atoms with E-state index in [1.54, 1.807) is 0 Å². The van der Waals surface area contributed by atoms with Crippen molar-refractivity contribution >= 4 is 27.5 Å². The first kappa shape index (κ1) is 11.7. The standard InChI is InChI=1S/C5H11ClN2O3S/c1-4(2-5(7)9)8-12(10,11)3-6/h4,8H,2-3H2,1H3,(H2,7,9). The highest BCUT2D eigenvalue weighted by Gasteiger charge is 2.14. The molecule has 0 fully saturated rings. The second-order valence-electron chi connectivity index (χ2n) is 2.41. The van der Waals surface area contributed by atoms with Gasteiger partial charge in [-0.3, -0.25) is 4.79 Å². The second kappa shape index (κ2) is 4.64. The van der Waals surface area contributed by atoms with Crippen molar-refractivity contribution < 1.29 is 13.2 Å². The summed E-state index contributed by atoms with van der Waals surface area (Å²) in [4.78, 5) is 10.3. The molecule has 0 aromatic heterocycles. The van der Waals surface area contributed by atoms with E-state index < -0.39 is 27.2 Å². The maximum Gasteiger partial charge on any atom is 0.225 e. The van der Waals surface area contributed by atoms with Crippen LogP contribution in [0, 0.1) is 0 Å². The van der Waals surface area contributed by atoms with Gasteiger partial charge in [-0.25, -0.2) is 13.1 Å². The monoisotopic (exact) mass is 214 g/mol. The molecule has 0 rings (SSSR count). The van der Waals surface area contributed by atoms with Crippen LogP contribution < -0.4 is 10.5 Å². The molecule has 1 amide bonds. The summed E-state index contributed by atoms with van der Waals surface area (Å²) in [6.07, 6.45) is -0.0316. The maximum atomic E-state index is 10.8. The van der Waals surface area contributed by atoms with Crippen molar-refractivity contribution in [2.75, 3.05) is 5.21 Å². The quantitative estimate of drug-likeness (QED) is 0.597. The zero-order valence-electron chi connectivity index (χ0n) is 6.58. The molecule has 0 saturated carbocycles. The molecule has 0 bridgehead atoms. The average Bonchev–Trinajstić information content (AvgIpc) is 1.84. The molecule has 1 unspecified atom stereocenters. The molecule has 5 nitrogen and oxygen atoms in total. The zero-order valence-corrected chi connectivity index (χ0v) is 8.15. The fraction of sp³-hybridized carbons (Fsp3) is 0.800. The minimum atomic E-state index is -3.46. The van der Waals surface area contributed by atoms with Crippen LogP contribution in [-0.4, -0.2) is 25.6 Å². The first-order chi connectivity index (χ1) is 5.37. The van der Waals surface area contributed by atoms with E-state index in [1.807, 2.05) is 0 Å². The topological polar surface area (TPSA) is 89.3 Å². The summed E-state index contributed by atoms with van der Waals surface area (Å²) in [7, 11) is -3.46. The Kier molecular flexibility index (Phi) is 4.51. The Labute approximate surface area is 76.3 Å².